The number of phenols is 2. The number of methoxy groups -OCH3 is 2. The maximum absolute atomic E-state index is 11.6. The van der Waals surface area contributed by atoms with Gasteiger partial charge in [0.15, 0.2) is 0 Å². The summed E-state index contributed by atoms with van der Waals surface area (Å²) in [6, 6.07) is 43.6. The number of azide groups is 1. The SMILES string of the molecule is BrCc1ccco1.COC(=O)c1cc(COC=O)cc(OCc2ccco2)c1.COC(=O)c1cc(O)cc(COC=O)c1.Cc1cc(OCc2ccco2)cc(C(=O)N=[N+]=[N-])c1.N#COc1cc(N=C=O)cc(OCc2ccco2)c1.O=COc1cc(O)cc(C(=O)O)c1.O=COc1cc(OCc2ccco2)cc(C(=O)O)c1. The highest BCUT2D eigenvalue weighted by Crippen LogP contribution is 2.30. The Labute approximate surface area is 647 Å². The third kappa shape index (κ3) is 33.4. The number of furan rings is 5. The number of carbonyl (C=O) groups excluding carboxylic acids is 8. The number of hydrogen-bond donors (Lipinski definition) is 4. The van der Waals surface area contributed by atoms with E-state index in [1.54, 1.807) is 97.7 Å². The van der Waals surface area contributed by atoms with Crippen molar-refractivity contribution in [3.63, 3.8) is 0 Å². The number of nitriles is 1. The largest absolute Gasteiger partial charge is 0.508 e. The van der Waals surface area contributed by atoms with E-state index in [4.69, 9.17) is 67.1 Å². The maximum Gasteiger partial charge on any atom is 0.337 e. The Morgan fingerprint density at radius 1 is 0.478 bits per heavy atom. The fourth-order valence-corrected chi connectivity index (χ4v) is 8.88. The number of carboxylic acids is 2. The lowest BCUT2D eigenvalue weighted by molar-refractivity contribution is -0.130. The van der Waals surface area contributed by atoms with Crippen LogP contribution in [-0.2, 0) is 87.9 Å². The fraction of sp³-hybridized carbons (Fsp3) is 0.130. The number of hydrogen-bond acceptors (Lipinski definition) is 30. The van der Waals surface area contributed by atoms with Crippen LogP contribution >= 0.6 is 15.9 Å². The molecule has 5 aromatic heterocycles. The van der Waals surface area contributed by atoms with Crippen LogP contribution in [0.3, 0.4) is 0 Å². The van der Waals surface area contributed by atoms with Crippen LogP contribution in [0.4, 0.5) is 5.69 Å². The number of benzene rings is 6. The molecule has 584 valence electrons. The van der Waals surface area contributed by atoms with E-state index in [2.05, 4.69) is 64.1 Å². The Hall–Kier alpha value is -15.6. The number of alkyl halides is 1. The van der Waals surface area contributed by atoms with E-state index in [1.807, 2.05) is 19.1 Å². The van der Waals surface area contributed by atoms with Gasteiger partial charge in [0.05, 0.1) is 78.8 Å². The molecule has 35 nitrogen and oxygen atoms in total. The lowest BCUT2D eigenvalue weighted by Gasteiger charge is -2.09. The monoisotopic (exact) mass is 1620 g/mol. The molecule has 5 heterocycles. The first-order chi connectivity index (χ1) is 54.6. The van der Waals surface area contributed by atoms with Crippen molar-refractivity contribution in [2.45, 2.75) is 51.9 Å². The van der Waals surface area contributed by atoms with Gasteiger partial charge in [-0.2, -0.15) is 4.99 Å². The third-order valence-electron chi connectivity index (χ3n) is 13.2. The van der Waals surface area contributed by atoms with Gasteiger partial charge in [0.1, 0.15) is 120 Å². The highest BCUT2D eigenvalue weighted by Gasteiger charge is 2.15. The summed E-state index contributed by atoms with van der Waals surface area (Å²) in [5, 5.41) is 48.1. The number of carbonyl (C=O) groups is 9. The minimum Gasteiger partial charge on any atom is -0.508 e. The van der Waals surface area contributed by atoms with Crippen LogP contribution in [0, 0.1) is 18.4 Å². The molecule has 11 aromatic rings. The maximum atomic E-state index is 11.6. The van der Waals surface area contributed by atoms with E-state index in [-0.39, 0.29) is 109 Å². The second-order valence-electron chi connectivity index (χ2n) is 21.3. The Bertz CT molecular complexity index is 4990. The molecule has 0 bridgehead atoms. The van der Waals surface area contributed by atoms with Gasteiger partial charge in [-0.3, -0.25) is 24.0 Å². The van der Waals surface area contributed by atoms with Crippen LogP contribution in [0.1, 0.15) is 97.3 Å². The van der Waals surface area contributed by atoms with Crippen LogP contribution < -0.4 is 33.2 Å². The van der Waals surface area contributed by atoms with Gasteiger partial charge in [0.25, 0.3) is 32.1 Å². The molecular formula is C77H64BrN5O30. The molecule has 0 unspecified atom stereocenters. The number of aromatic carboxylic acids is 2. The molecule has 0 aliphatic rings. The molecule has 0 atom stereocenters. The summed E-state index contributed by atoms with van der Waals surface area (Å²) >= 11 is 3.24. The number of esters is 2. The first-order valence-electron chi connectivity index (χ1n) is 31.7. The van der Waals surface area contributed by atoms with Crippen LogP contribution in [-0.4, -0.2) is 96.4 Å². The number of aromatic hydroxyl groups is 2. The molecule has 6 aromatic carbocycles. The van der Waals surface area contributed by atoms with Gasteiger partial charge in [-0.05, 0) is 174 Å². The number of phenolic OH excluding ortho intramolecular Hbond substituents is 2. The predicted octanol–water partition coefficient (Wildman–Crippen LogP) is 14.4. The molecule has 36 heteroatoms. The Morgan fingerprint density at radius 3 is 1.29 bits per heavy atom. The van der Waals surface area contributed by atoms with Crippen molar-refractivity contribution >= 4 is 83.4 Å². The number of aryl methyl sites for hydroxylation is 1. The summed E-state index contributed by atoms with van der Waals surface area (Å²) in [7, 11) is 2.54. The van der Waals surface area contributed by atoms with Crippen molar-refractivity contribution in [1.82, 2.24) is 0 Å². The third-order valence-corrected chi connectivity index (χ3v) is 13.8. The van der Waals surface area contributed by atoms with Crippen molar-refractivity contribution in [3.05, 3.63) is 285 Å². The Balaban J connectivity index is 0.000000239. The summed E-state index contributed by atoms with van der Waals surface area (Å²) in [4.78, 5) is 112. The zero-order chi connectivity index (χ0) is 82.1. The molecule has 4 N–H and O–H groups in total. The summed E-state index contributed by atoms with van der Waals surface area (Å²) in [6.07, 6.45) is 10.8. The summed E-state index contributed by atoms with van der Waals surface area (Å²) in [5.74, 6) is 1.16. The quantitative estimate of drug-likeness (QED) is 0.00310. The number of carboxylic acid groups (broad SMARTS) is 2. The van der Waals surface area contributed by atoms with Crippen molar-refractivity contribution in [3.8, 4) is 58.0 Å². The van der Waals surface area contributed by atoms with Gasteiger partial charge in [0.2, 0.25) is 12.0 Å². The molecule has 0 saturated carbocycles. The standard InChI is InChI=1S/C15H14O6.C13H11N3O3.C13H8N2O4.C13H10O6.C10H10O5.C8H6O5.C5H5BrO/c1-18-15(17)12-5-11(8-19-10-16)6-14(7-12)21-9-13-3-2-4-20-13;1-9-5-10(13(17)15-16-14)7-12(6-9)19-8-11-3-2-4-18-11;14-8-19-13-5-10(15-9-16)4-12(6-13)18-7-11-2-1-3-17-11;14-8-19-12-5-9(13(15)16)4-11(6-12)18-7-10-2-1-3-17-10;1-14-10(13)8-2-7(5-15-6-11)3-9(12)4-8;9-4-13-7-2-5(8(11)12)1-6(10)3-7;6-4-5-2-1-3-7-5/h2-7,10H,8-9H2,1H3;2-7H,8H2,1H3;1-6H,7H2;1-6,8H,7H2,(H,15,16);2-4,6,12H,5H2,1H3;1-4,10H,(H,11,12);1-3H,4H2. The molecule has 113 heavy (non-hydrogen) atoms. The molecule has 0 saturated heterocycles. The first kappa shape index (κ1) is 88.0. The molecule has 0 fully saturated rings. The number of halogens is 1. The van der Waals surface area contributed by atoms with Gasteiger partial charge >= 0.3 is 23.9 Å². The number of aliphatic imine (C=N–C) groups is 1. The second kappa shape index (κ2) is 49.3. The smallest absolute Gasteiger partial charge is 0.337 e. The van der Waals surface area contributed by atoms with Crippen molar-refractivity contribution in [2.24, 2.45) is 10.1 Å². The summed E-state index contributed by atoms with van der Waals surface area (Å²) in [6.45, 7) is 3.74. The number of ether oxygens (including phenoxy) is 11. The lowest BCUT2D eigenvalue weighted by Crippen LogP contribution is -2.04. The van der Waals surface area contributed by atoms with Crippen LogP contribution in [0.5, 0.6) is 51.7 Å². The normalized spacial score (nSPS) is 9.58. The number of rotatable bonds is 30. The number of amides is 1. The van der Waals surface area contributed by atoms with E-state index in [0.717, 1.165) is 34.9 Å². The molecule has 11 rings (SSSR count). The van der Waals surface area contributed by atoms with Crippen LogP contribution in [0.2, 0.25) is 0 Å². The molecule has 0 radical (unpaired) electrons. The van der Waals surface area contributed by atoms with E-state index in [9.17, 15) is 53.1 Å². The van der Waals surface area contributed by atoms with E-state index in [1.165, 1.54) is 99.7 Å². The summed E-state index contributed by atoms with van der Waals surface area (Å²) < 4.78 is 79.4. The summed E-state index contributed by atoms with van der Waals surface area (Å²) in [5.41, 5.74) is 11.2. The second-order valence-corrected chi connectivity index (χ2v) is 21.8. The Kier molecular flexibility index (Phi) is 38.4. The minimum atomic E-state index is -1.20. The fourth-order valence-electron chi connectivity index (χ4n) is 8.56. The topological polar surface area (TPSA) is 504 Å². The molecule has 0 aliphatic heterocycles. The first-order valence-corrected chi connectivity index (χ1v) is 32.9. The van der Waals surface area contributed by atoms with Crippen molar-refractivity contribution < 1.29 is 143 Å². The number of nitrogens with zero attached hydrogens (tertiary/aromatic N) is 5. The zero-order valence-corrected chi connectivity index (χ0v) is 60.9. The molecular weight excluding hydrogens is 1550 g/mol. The van der Waals surface area contributed by atoms with E-state index >= 15 is 0 Å². The minimum absolute atomic E-state index is 0.00188. The van der Waals surface area contributed by atoms with E-state index < -0.39 is 29.8 Å². The van der Waals surface area contributed by atoms with Crippen LogP contribution in [0.25, 0.3) is 10.4 Å². The predicted molar refractivity (Wildman–Crippen MR) is 389 cm³/mol. The average molecular weight is 1620 g/mol. The van der Waals surface area contributed by atoms with Crippen molar-refractivity contribution in [2.75, 3.05) is 14.2 Å². The van der Waals surface area contributed by atoms with Crippen LogP contribution in [0.15, 0.2) is 233 Å². The highest BCUT2D eigenvalue weighted by molar-refractivity contribution is 9.08. The van der Waals surface area contributed by atoms with Gasteiger partial charge in [0, 0.05) is 40.8 Å². The highest BCUT2D eigenvalue weighted by atomic mass is 79.9. The van der Waals surface area contributed by atoms with Gasteiger partial charge in [-0.1, -0.05) is 15.9 Å². The van der Waals surface area contributed by atoms with E-state index in [0.29, 0.717) is 75.5 Å². The average Bonchev–Trinajstić information content (AvgIpc) is 1.75. The number of isocyanates is 1. The Morgan fingerprint density at radius 2 is 0.867 bits per heavy atom. The lowest BCUT2D eigenvalue weighted by atomic mass is 10.1. The molecule has 1 amide bonds. The van der Waals surface area contributed by atoms with Gasteiger partial charge < -0.3 is 94.6 Å². The zero-order valence-electron chi connectivity index (χ0n) is 59.3. The molecule has 0 spiro atoms. The van der Waals surface area contributed by atoms with Gasteiger partial charge in [-0.25, -0.2) is 24.0 Å². The van der Waals surface area contributed by atoms with Crippen molar-refractivity contribution in [1.29, 1.82) is 5.26 Å². The van der Waals surface area contributed by atoms with Gasteiger partial charge in [-0.15, -0.1) is 5.26 Å². The molecule has 0 aliphatic carbocycles.